The Morgan fingerprint density at radius 3 is 1.90 bits per heavy atom. The van der Waals surface area contributed by atoms with Gasteiger partial charge in [0.15, 0.2) is 5.96 Å². The number of unbranched alkanes of at least 4 members (excludes halogenated alkanes) is 1. The first-order valence-corrected chi connectivity index (χ1v) is 17.5. The molecule has 0 saturated carbocycles. The van der Waals surface area contributed by atoms with Crippen LogP contribution in [0.3, 0.4) is 0 Å². The first-order chi connectivity index (χ1) is 23.3. The van der Waals surface area contributed by atoms with Gasteiger partial charge < -0.3 is 41.4 Å². The number of allylic oxidation sites excluding steroid dienone is 10. The predicted octanol–water partition coefficient (Wildman–Crippen LogP) is 3.86. The van der Waals surface area contributed by atoms with Crippen LogP contribution in [0.15, 0.2) is 65.8 Å². The molecule has 0 saturated heterocycles. The van der Waals surface area contributed by atoms with Crippen molar-refractivity contribution in [3.05, 3.63) is 60.8 Å². The number of aliphatic hydroxyl groups is 2. The molecule has 9 N–H and O–H groups in total. The number of nitrogens with one attached hydrogen (secondary N) is 3. The highest BCUT2D eigenvalue weighted by molar-refractivity contribution is 7.95. The number of nitrogens with zero attached hydrogens (tertiary/aromatic N) is 2. The largest absolute Gasteiger partial charge is 0.396 e. The average molecular weight is 708 g/mol. The molecule has 14 heteroatoms. The molecule has 0 aromatic carbocycles. The van der Waals surface area contributed by atoms with Gasteiger partial charge in [0.2, 0.25) is 17.8 Å². The van der Waals surface area contributed by atoms with Crippen LogP contribution in [-0.4, -0.2) is 90.5 Å². The van der Waals surface area contributed by atoms with Crippen molar-refractivity contribution in [1.82, 2.24) is 15.5 Å². The van der Waals surface area contributed by atoms with E-state index in [1.807, 2.05) is 0 Å². The molecule has 0 aliphatic rings. The van der Waals surface area contributed by atoms with Crippen molar-refractivity contribution in [1.29, 1.82) is 5.41 Å². The minimum absolute atomic E-state index is 0.0509. The lowest BCUT2D eigenvalue weighted by molar-refractivity contribution is -0.137. The number of hydrogen-bond acceptors (Lipinski definition) is 8. The number of carbonyl (C=O) groups is 3. The second-order valence-electron chi connectivity index (χ2n) is 11.6. The van der Waals surface area contributed by atoms with Crippen LogP contribution in [0.25, 0.3) is 0 Å². The van der Waals surface area contributed by atoms with Gasteiger partial charge >= 0.3 is 5.97 Å². The molecule has 0 heterocycles. The quantitative estimate of drug-likeness (QED) is 0.0268. The highest BCUT2D eigenvalue weighted by Crippen LogP contribution is 2.19. The van der Waals surface area contributed by atoms with Crippen LogP contribution in [0, 0.1) is 10.8 Å². The Labute approximate surface area is 297 Å². The highest BCUT2D eigenvalue weighted by atomic mass is 32.2. The lowest BCUT2D eigenvalue weighted by atomic mass is 9.87. The summed E-state index contributed by atoms with van der Waals surface area (Å²) in [6.07, 6.45) is 26.9. The summed E-state index contributed by atoms with van der Waals surface area (Å²) in [6, 6.07) is 0. The van der Waals surface area contributed by atoms with Gasteiger partial charge in [-0.25, -0.2) is 0 Å². The Hall–Kier alpha value is -3.88. The zero-order valence-corrected chi connectivity index (χ0v) is 30.8. The van der Waals surface area contributed by atoms with Gasteiger partial charge in [-0.1, -0.05) is 81.5 Å². The molecule has 2 amide bonds. The molecule has 0 bridgehead atoms. The third kappa shape index (κ3) is 31.2. The topological polar surface area (TPSA) is 216 Å². The highest BCUT2D eigenvalue weighted by Gasteiger charge is 2.32. The van der Waals surface area contributed by atoms with Crippen LogP contribution in [0.2, 0.25) is 0 Å². The zero-order valence-electron chi connectivity index (χ0n) is 30.0. The van der Waals surface area contributed by atoms with Crippen molar-refractivity contribution < 1.29 is 28.8 Å². The third-order valence-electron chi connectivity index (χ3n) is 6.27. The number of aliphatic hydroxyl groups excluding tert-OH is 2. The maximum Gasteiger partial charge on any atom is 0.317 e. The van der Waals surface area contributed by atoms with Crippen molar-refractivity contribution in [3.8, 4) is 0 Å². The van der Waals surface area contributed by atoms with Crippen molar-refractivity contribution in [2.75, 3.05) is 39.5 Å². The van der Waals surface area contributed by atoms with Crippen LogP contribution in [0.5, 0.6) is 0 Å². The van der Waals surface area contributed by atoms with E-state index in [0.717, 1.165) is 57.0 Å². The van der Waals surface area contributed by atoms with Gasteiger partial charge in [0, 0.05) is 51.2 Å². The minimum atomic E-state index is -1.36. The number of aliphatic imine (C=N–C) groups is 1. The molecule has 0 aliphatic carbocycles. The third-order valence-corrected chi connectivity index (χ3v) is 6.95. The number of nitrogens with two attached hydrogens (primary N) is 2. The molecule has 0 rings (SSSR count). The molecule has 0 spiro atoms. The Kier molecular flexibility index (Phi) is 30.3. The van der Waals surface area contributed by atoms with Gasteiger partial charge in [0.25, 0.3) is 0 Å². The fraction of sp³-hybridized carbons (Fsp3) is 0.571. The second kappa shape index (κ2) is 31.4. The lowest BCUT2D eigenvalue weighted by Crippen LogP contribution is -2.46. The van der Waals surface area contributed by atoms with E-state index in [4.69, 9.17) is 21.1 Å². The summed E-state index contributed by atoms with van der Waals surface area (Å²) in [5.74, 6) is -0.794. The van der Waals surface area contributed by atoms with Gasteiger partial charge in [-0.2, -0.15) is 4.99 Å². The van der Waals surface area contributed by atoms with Crippen molar-refractivity contribution in [2.45, 2.75) is 84.7 Å². The van der Waals surface area contributed by atoms with E-state index >= 15 is 0 Å². The number of hydrogen-bond donors (Lipinski definition) is 7. The molecule has 49 heavy (non-hydrogen) atoms. The summed E-state index contributed by atoms with van der Waals surface area (Å²) in [5.41, 5.74) is 9.02. The lowest BCUT2D eigenvalue weighted by Gasteiger charge is -2.27. The second-order valence-corrected chi connectivity index (χ2v) is 12.4. The van der Waals surface area contributed by atoms with Crippen molar-refractivity contribution in [2.24, 2.45) is 21.9 Å². The van der Waals surface area contributed by atoms with Gasteiger partial charge in [0.05, 0.1) is 18.6 Å². The Balaban J connectivity index is 0. The maximum absolute atomic E-state index is 11.9. The van der Waals surface area contributed by atoms with Crippen LogP contribution < -0.4 is 22.1 Å². The smallest absolute Gasteiger partial charge is 0.317 e. The van der Waals surface area contributed by atoms with E-state index in [0.29, 0.717) is 18.7 Å². The van der Waals surface area contributed by atoms with Crippen LogP contribution in [0.4, 0.5) is 0 Å². The first kappa shape index (κ1) is 47.2. The molecule has 0 fully saturated rings. The van der Waals surface area contributed by atoms with Gasteiger partial charge in [-0.3, -0.25) is 19.8 Å². The predicted molar refractivity (Wildman–Crippen MR) is 202 cm³/mol. The minimum Gasteiger partial charge on any atom is -0.396 e. The SMILES string of the molecule is CC/C=C\C/C=C\C/C=C\C/C=C\C/C=C\CCCC(=O)OSCCNC(=O)CCNC(=O)[C@H](O)C(C)(C)CO.CN(C)C(=N)N=C(N)N. The number of carbonyl (C=O) groups excluding carboxylic acids is 3. The van der Waals surface area contributed by atoms with Gasteiger partial charge in [0.1, 0.15) is 6.10 Å². The Morgan fingerprint density at radius 2 is 1.43 bits per heavy atom. The number of guanidine groups is 2. The summed E-state index contributed by atoms with van der Waals surface area (Å²) in [6.45, 7) is 5.33. The van der Waals surface area contributed by atoms with Crippen LogP contribution in [0.1, 0.15) is 78.6 Å². The normalized spacial score (nSPS) is 12.3. The van der Waals surface area contributed by atoms with Gasteiger partial charge in [-0.05, 0) is 44.9 Å². The summed E-state index contributed by atoms with van der Waals surface area (Å²) in [7, 11) is 3.38. The van der Waals surface area contributed by atoms with E-state index in [1.54, 1.807) is 27.9 Å². The fourth-order valence-corrected chi connectivity index (χ4v) is 3.75. The molecular weight excluding hydrogens is 646 g/mol. The molecule has 0 unspecified atom stereocenters. The molecule has 0 aliphatic heterocycles. The summed E-state index contributed by atoms with van der Waals surface area (Å²) < 4.78 is 5.11. The fourth-order valence-electron chi connectivity index (χ4n) is 3.26. The van der Waals surface area contributed by atoms with E-state index in [-0.39, 0.29) is 43.4 Å². The molecule has 13 nitrogen and oxygen atoms in total. The summed E-state index contributed by atoms with van der Waals surface area (Å²) >= 11 is 1.00. The molecule has 0 aromatic rings. The molecule has 278 valence electrons. The maximum atomic E-state index is 11.9. The zero-order chi connectivity index (χ0) is 37.3. The standard InChI is InChI=1S/C31H50N2O6S.C4H11N5/c1-4-5-6-7-8-9-10-11-12-13-14-15-16-17-18-19-20-21-28(36)39-40-25-24-32-27(35)22-23-33-30(38)29(37)31(2,3)26-34;1-9(2)4(7)8-3(5)6/h5-6,8-9,11-12,14-15,17-18,29,34,37H,4,7,10,13,16,19-26H2,1-3H3,(H,32,35)(H,33,38);1-2H3,(H5,5,6,7,8)/b6-5-,9-8-,12-11-,15-14-,18-17-;/t29-;/m0./s1. The average Bonchev–Trinajstić information content (AvgIpc) is 3.05. The van der Waals surface area contributed by atoms with E-state index < -0.39 is 17.4 Å². The van der Waals surface area contributed by atoms with Crippen molar-refractivity contribution >= 4 is 41.7 Å². The van der Waals surface area contributed by atoms with Crippen molar-refractivity contribution in [3.63, 3.8) is 0 Å². The van der Waals surface area contributed by atoms with E-state index in [2.05, 4.69) is 83.3 Å². The summed E-state index contributed by atoms with van der Waals surface area (Å²) in [5, 5.41) is 31.3. The summed E-state index contributed by atoms with van der Waals surface area (Å²) in [4.78, 5) is 40.4. The molecule has 0 aromatic heterocycles. The number of rotatable bonds is 23. The number of amides is 2. The van der Waals surface area contributed by atoms with E-state index in [9.17, 15) is 24.6 Å². The Morgan fingerprint density at radius 1 is 0.898 bits per heavy atom. The molecule has 0 radical (unpaired) electrons. The van der Waals surface area contributed by atoms with Crippen LogP contribution >= 0.6 is 12.0 Å². The molecule has 1 atom stereocenters. The first-order valence-electron chi connectivity index (χ1n) is 16.5. The monoisotopic (exact) mass is 707 g/mol. The van der Waals surface area contributed by atoms with E-state index in [1.165, 1.54) is 4.90 Å². The Bertz CT molecular complexity index is 1110. The van der Waals surface area contributed by atoms with Crippen LogP contribution in [-0.2, 0) is 18.6 Å². The van der Waals surface area contributed by atoms with Gasteiger partial charge in [-0.15, -0.1) is 0 Å². The molecular formula is C35H61N7O6S.